The fraction of sp³-hybridized carbons (Fsp3) is 0.231. The van der Waals surface area contributed by atoms with E-state index < -0.39 is 10.8 Å². The van der Waals surface area contributed by atoms with E-state index >= 15 is 0 Å². The topological polar surface area (TPSA) is 43.1 Å². The lowest BCUT2D eigenvalue weighted by atomic mass is 10.2. The summed E-state index contributed by atoms with van der Waals surface area (Å²) in [5.41, 5.74) is 7.49. The summed E-state index contributed by atoms with van der Waals surface area (Å²) in [6.45, 7) is 1.94. The molecular formula is C13H15NOS2. The third-order valence-corrected chi connectivity index (χ3v) is 4.91. The van der Waals surface area contributed by atoms with E-state index in [0.29, 0.717) is 5.75 Å². The standard InChI is InChI=1S/C13H15NOS2/c1-10-9-12(4-5-13(10)14)17(15)8-6-11-3-2-7-16-11/h2-5,7,9H,6,8,14H2,1H3. The van der Waals surface area contributed by atoms with Crippen LogP contribution in [0.2, 0.25) is 0 Å². The highest BCUT2D eigenvalue weighted by atomic mass is 32.2. The SMILES string of the molecule is Cc1cc(S(=O)CCc2cccs2)ccc1N. The zero-order valence-corrected chi connectivity index (χ0v) is 11.3. The number of hydrogen-bond acceptors (Lipinski definition) is 3. The Bertz CT molecular complexity index is 520. The fourth-order valence-corrected chi connectivity index (χ4v) is 3.56. The first-order valence-electron chi connectivity index (χ1n) is 5.43. The minimum atomic E-state index is -0.935. The van der Waals surface area contributed by atoms with Crippen molar-refractivity contribution in [3.8, 4) is 0 Å². The van der Waals surface area contributed by atoms with E-state index in [1.807, 2.05) is 36.6 Å². The van der Waals surface area contributed by atoms with Gasteiger partial charge in [-0.2, -0.15) is 0 Å². The maximum Gasteiger partial charge on any atom is 0.0533 e. The molecule has 0 aliphatic heterocycles. The van der Waals surface area contributed by atoms with Crippen LogP contribution in [-0.4, -0.2) is 9.96 Å². The quantitative estimate of drug-likeness (QED) is 0.864. The smallest absolute Gasteiger partial charge is 0.0533 e. The van der Waals surface area contributed by atoms with Gasteiger partial charge in [0.2, 0.25) is 0 Å². The Morgan fingerprint density at radius 1 is 1.35 bits per heavy atom. The van der Waals surface area contributed by atoms with Gasteiger partial charge in [0.15, 0.2) is 0 Å². The van der Waals surface area contributed by atoms with E-state index in [9.17, 15) is 4.21 Å². The van der Waals surface area contributed by atoms with Gasteiger partial charge < -0.3 is 5.73 Å². The lowest BCUT2D eigenvalue weighted by Gasteiger charge is -2.04. The molecule has 0 amide bonds. The molecule has 0 saturated heterocycles. The minimum Gasteiger partial charge on any atom is -0.399 e. The highest BCUT2D eigenvalue weighted by Gasteiger charge is 2.06. The summed E-state index contributed by atoms with van der Waals surface area (Å²) in [4.78, 5) is 2.15. The first-order valence-corrected chi connectivity index (χ1v) is 7.63. The van der Waals surface area contributed by atoms with Gasteiger partial charge in [0.1, 0.15) is 0 Å². The predicted molar refractivity (Wildman–Crippen MR) is 74.9 cm³/mol. The number of benzene rings is 1. The van der Waals surface area contributed by atoms with Gasteiger partial charge in [0, 0.05) is 21.2 Å². The third-order valence-electron chi connectivity index (χ3n) is 2.62. The Hall–Kier alpha value is -1.13. The van der Waals surface area contributed by atoms with Crippen LogP contribution in [0, 0.1) is 6.92 Å². The summed E-state index contributed by atoms with van der Waals surface area (Å²) in [6, 6.07) is 9.70. The zero-order chi connectivity index (χ0) is 12.3. The van der Waals surface area contributed by atoms with Crippen LogP contribution in [0.3, 0.4) is 0 Å². The Kier molecular flexibility index (Phi) is 3.97. The largest absolute Gasteiger partial charge is 0.399 e. The number of nitrogens with two attached hydrogens (primary N) is 1. The molecule has 0 aliphatic rings. The molecule has 2 nitrogen and oxygen atoms in total. The van der Waals surface area contributed by atoms with Gasteiger partial charge in [-0.3, -0.25) is 4.21 Å². The normalized spacial score (nSPS) is 12.5. The van der Waals surface area contributed by atoms with Crippen molar-refractivity contribution in [2.45, 2.75) is 18.2 Å². The molecule has 2 aromatic rings. The molecular weight excluding hydrogens is 250 g/mol. The van der Waals surface area contributed by atoms with Gasteiger partial charge in [0.05, 0.1) is 10.8 Å². The lowest BCUT2D eigenvalue weighted by molar-refractivity contribution is 0.682. The van der Waals surface area contributed by atoms with E-state index in [1.54, 1.807) is 11.3 Å². The Morgan fingerprint density at radius 2 is 2.18 bits per heavy atom. The van der Waals surface area contributed by atoms with Crippen LogP contribution in [0.15, 0.2) is 40.6 Å². The molecule has 0 spiro atoms. The molecule has 1 aromatic heterocycles. The van der Waals surface area contributed by atoms with E-state index in [0.717, 1.165) is 22.6 Å². The maximum atomic E-state index is 12.1. The molecule has 1 aromatic carbocycles. The minimum absolute atomic E-state index is 0.671. The van der Waals surface area contributed by atoms with Crippen molar-refractivity contribution >= 4 is 27.8 Å². The average molecular weight is 265 g/mol. The van der Waals surface area contributed by atoms with Crippen LogP contribution >= 0.6 is 11.3 Å². The monoisotopic (exact) mass is 265 g/mol. The van der Waals surface area contributed by atoms with Gasteiger partial charge in [-0.1, -0.05) is 6.07 Å². The van der Waals surface area contributed by atoms with Gasteiger partial charge in [-0.05, 0) is 48.6 Å². The summed E-state index contributed by atoms with van der Waals surface area (Å²) in [6.07, 6.45) is 0.869. The number of rotatable bonds is 4. The Morgan fingerprint density at radius 3 is 2.82 bits per heavy atom. The first kappa shape index (κ1) is 12.3. The number of thiophene rings is 1. The molecule has 2 N–H and O–H groups in total. The molecule has 1 atom stereocenters. The van der Waals surface area contributed by atoms with E-state index in [1.165, 1.54) is 4.88 Å². The van der Waals surface area contributed by atoms with Crippen molar-refractivity contribution in [1.82, 2.24) is 0 Å². The fourth-order valence-electron chi connectivity index (χ4n) is 1.56. The number of hydrogen-bond donors (Lipinski definition) is 1. The maximum absolute atomic E-state index is 12.1. The van der Waals surface area contributed by atoms with E-state index in [-0.39, 0.29) is 0 Å². The molecule has 4 heteroatoms. The van der Waals surface area contributed by atoms with Crippen molar-refractivity contribution in [2.24, 2.45) is 0 Å². The third kappa shape index (κ3) is 3.17. The second-order valence-corrected chi connectivity index (χ2v) is 6.50. The summed E-state index contributed by atoms with van der Waals surface area (Å²) >= 11 is 1.71. The number of anilines is 1. The summed E-state index contributed by atoms with van der Waals surface area (Å²) in [5.74, 6) is 0.671. The van der Waals surface area contributed by atoms with Crippen LogP contribution in [-0.2, 0) is 17.2 Å². The van der Waals surface area contributed by atoms with E-state index in [2.05, 4.69) is 6.07 Å². The van der Waals surface area contributed by atoms with Crippen LogP contribution in [0.1, 0.15) is 10.4 Å². The second-order valence-electron chi connectivity index (χ2n) is 3.90. The summed E-state index contributed by atoms with van der Waals surface area (Å²) in [5, 5.41) is 2.05. The highest BCUT2D eigenvalue weighted by molar-refractivity contribution is 7.85. The molecule has 0 bridgehead atoms. The molecule has 0 radical (unpaired) electrons. The summed E-state index contributed by atoms with van der Waals surface area (Å²) < 4.78 is 12.1. The van der Waals surface area contributed by atoms with Crippen LogP contribution in [0.25, 0.3) is 0 Å². The number of aryl methyl sites for hydroxylation is 2. The van der Waals surface area contributed by atoms with Crippen molar-refractivity contribution < 1.29 is 4.21 Å². The van der Waals surface area contributed by atoms with Crippen LogP contribution in [0.4, 0.5) is 5.69 Å². The molecule has 90 valence electrons. The van der Waals surface area contributed by atoms with Gasteiger partial charge in [-0.25, -0.2) is 0 Å². The van der Waals surface area contributed by atoms with Crippen molar-refractivity contribution in [3.05, 3.63) is 46.2 Å². The van der Waals surface area contributed by atoms with E-state index in [4.69, 9.17) is 5.73 Å². The zero-order valence-electron chi connectivity index (χ0n) is 9.68. The highest BCUT2D eigenvalue weighted by Crippen LogP contribution is 2.17. The molecule has 2 rings (SSSR count). The van der Waals surface area contributed by atoms with Crippen LogP contribution < -0.4 is 5.73 Å². The number of nitrogen functional groups attached to an aromatic ring is 1. The summed E-state index contributed by atoms with van der Waals surface area (Å²) in [7, 11) is -0.935. The molecule has 0 aliphatic carbocycles. The Labute approximate surface area is 108 Å². The Balaban J connectivity index is 2.02. The molecule has 17 heavy (non-hydrogen) atoms. The van der Waals surface area contributed by atoms with Crippen molar-refractivity contribution in [3.63, 3.8) is 0 Å². The first-order chi connectivity index (χ1) is 8.16. The second kappa shape index (κ2) is 5.47. The molecule has 1 heterocycles. The molecule has 1 unspecified atom stereocenters. The van der Waals surface area contributed by atoms with Gasteiger partial charge >= 0.3 is 0 Å². The van der Waals surface area contributed by atoms with Crippen molar-refractivity contribution in [2.75, 3.05) is 11.5 Å². The molecule has 0 saturated carbocycles. The van der Waals surface area contributed by atoms with Crippen LogP contribution in [0.5, 0.6) is 0 Å². The average Bonchev–Trinajstić information content (AvgIpc) is 2.82. The molecule has 0 fully saturated rings. The van der Waals surface area contributed by atoms with Gasteiger partial charge in [0.25, 0.3) is 0 Å². The van der Waals surface area contributed by atoms with Gasteiger partial charge in [-0.15, -0.1) is 11.3 Å². The van der Waals surface area contributed by atoms with Crippen molar-refractivity contribution in [1.29, 1.82) is 0 Å². The lowest BCUT2D eigenvalue weighted by Crippen LogP contribution is -2.01. The predicted octanol–water partition coefficient (Wildman–Crippen LogP) is 2.99.